The summed E-state index contributed by atoms with van der Waals surface area (Å²) in [6, 6.07) is 7.78. The zero-order valence-electron chi connectivity index (χ0n) is 7.98. The lowest BCUT2D eigenvalue weighted by molar-refractivity contribution is 0.530. The van der Waals surface area contributed by atoms with Crippen molar-refractivity contribution in [1.82, 2.24) is 4.98 Å². The molecule has 0 unspecified atom stereocenters. The number of nitrogens with zero attached hydrogens (tertiary/aromatic N) is 1. The van der Waals surface area contributed by atoms with E-state index in [4.69, 9.17) is 4.42 Å². The molecule has 0 atom stereocenters. The number of fused-ring (bicyclic) bond motifs is 2. The van der Waals surface area contributed by atoms with E-state index >= 15 is 0 Å². The van der Waals surface area contributed by atoms with Gasteiger partial charge >= 0.3 is 5.63 Å². The normalized spacial score (nSPS) is 11.3. The van der Waals surface area contributed by atoms with Crippen LogP contribution >= 0.6 is 11.3 Å². The van der Waals surface area contributed by atoms with E-state index < -0.39 is 0 Å². The molecule has 0 spiro atoms. The first kappa shape index (κ1) is 8.61. The summed E-state index contributed by atoms with van der Waals surface area (Å²) in [7, 11) is 0. The molecule has 2 aliphatic heterocycles. The van der Waals surface area contributed by atoms with E-state index in [1.54, 1.807) is 18.3 Å². The Morgan fingerprint density at radius 2 is 2.13 bits per heavy atom. The number of aromatic nitrogens is 1. The van der Waals surface area contributed by atoms with Crippen LogP contribution in [0.3, 0.4) is 0 Å². The minimum Gasteiger partial charge on any atom is -0.402 e. The van der Waals surface area contributed by atoms with Gasteiger partial charge in [0.25, 0.3) is 0 Å². The minimum atomic E-state index is -0.288. The number of rotatable bonds is 0. The van der Waals surface area contributed by atoms with Gasteiger partial charge in [0.15, 0.2) is 0 Å². The van der Waals surface area contributed by atoms with Crippen molar-refractivity contribution >= 4 is 21.6 Å². The molecular weight excluding hydrogens is 210 g/mol. The third kappa shape index (κ3) is 1.18. The van der Waals surface area contributed by atoms with Gasteiger partial charge in [0, 0.05) is 0 Å². The van der Waals surface area contributed by atoms with Crippen LogP contribution in [0.25, 0.3) is 21.0 Å². The van der Waals surface area contributed by atoms with Crippen molar-refractivity contribution in [2.75, 3.05) is 0 Å². The van der Waals surface area contributed by atoms with Crippen LogP contribution in [0.5, 0.6) is 0 Å². The summed E-state index contributed by atoms with van der Waals surface area (Å²) in [4.78, 5) is 16.5. The van der Waals surface area contributed by atoms with Gasteiger partial charge in [-0.05, 0) is 19.1 Å². The molecule has 3 nitrogen and oxygen atoms in total. The van der Waals surface area contributed by atoms with Gasteiger partial charge in [0.1, 0.15) is 4.88 Å². The van der Waals surface area contributed by atoms with Crippen LogP contribution in [0.15, 0.2) is 33.5 Å². The number of hydrogen-bond acceptors (Lipinski definition) is 4. The molecule has 0 saturated heterocycles. The maximum absolute atomic E-state index is 11.3. The first-order valence-corrected chi connectivity index (χ1v) is 5.36. The summed E-state index contributed by atoms with van der Waals surface area (Å²) >= 11 is 1.54. The predicted molar refractivity (Wildman–Crippen MR) is 59.5 cm³/mol. The first-order chi connectivity index (χ1) is 7.25. The third-order valence-corrected chi connectivity index (χ3v) is 3.58. The summed E-state index contributed by atoms with van der Waals surface area (Å²) in [6.45, 7) is 1.76. The Morgan fingerprint density at radius 3 is 3.00 bits per heavy atom. The summed E-state index contributed by atoms with van der Waals surface area (Å²) in [5.41, 5.74) is 1.22. The molecule has 2 aliphatic rings. The molecule has 0 aliphatic carbocycles. The van der Waals surface area contributed by atoms with Crippen LogP contribution < -0.4 is 5.63 Å². The molecule has 74 valence electrons. The summed E-state index contributed by atoms with van der Waals surface area (Å²) in [5, 5.41) is 0. The van der Waals surface area contributed by atoms with Crippen LogP contribution in [0.2, 0.25) is 0 Å². The Kier molecular flexibility index (Phi) is 1.67. The van der Waals surface area contributed by atoms with Crippen LogP contribution in [-0.4, -0.2) is 4.98 Å². The third-order valence-electron chi connectivity index (χ3n) is 2.33. The molecule has 0 N–H and O–H groups in total. The summed E-state index contributed by atoms with van der Waals surface area (Å²) in [5.74, 6) is 0.446. The zero-order chi connectivity index (χ0) is 10.4. The highest BCUT2D eigenvalue weighted by atomic mass is 32.1. The monoisotopic (exact) mass is 217 g/mol. The van der Waals surface area contributed by atoms with Gasteiger partial charge in [0.05, 0.1) is 15.8 Å². The zero-order valence-corrected chi connectivity index (χ0v) is 8.80. The topological polar surface area (TPSA) is 43.1 Å². The highest BCUT2D eigenvalue weighted by Gasteiger charge is 2.17. The van der Waals surface area contributed by atoms with Crippen molar-refractivity contribution in [3.05, 3.63) is 40.2 Å². The highest BCUT2D eigenvalue weighted by molar-refractivity contribution is 7.21. The number of para-hydroxylation sites is 1. The fraction of sp³-hybridized carbons (Fsp3) is 0.0909. The Morgan fingerprint density at radius 1 is 1.33 bits per heavy atom. The predicted octanol–water partition coefficient (Wildman–Crippen LogP) is 2.66. The van der Waals surface area contributed by atoms with Gasteiger partial charge in [-0.15, -0.1) is 11.3 Å². The lowest BCUT2D eigenvalue weighted by Crippen LogP contribution is -1.93. The molecular formula is C11H7NO2S. The second-order valence-electron chi connectivity index (χ2n) is 3.33. The fourth-order valence-electron chi connectivity index (χ4n) is 1.51. The maximum Gasteiger partial charge on any atom is 0.342 e. The van der Waals surface area contributed by atoms with Crippen molar-refractivity contribution in [2.45, 2.75) is 6.92 Å². The van der Waals surface area contributed by atoms with Gasteiger partial charge in [-0.3, -0.25) is 0 Å². The fourth-order valence-corrected chi connectivity index (χ4v) is 2.51. The van der Waals surface area contributed by atoms with Gasteiger partial charge in [-0.25, -0.2) is 9.78 Å². The molecule has 2 heterocycles. The van der Waals surface area contributed by atoms with Crippen LogP contribution in [0.4, 0.5) is 0 Å². The molecule has 4 heteroatoms. The minimum absolute atomic E-state index is 0.288. The standard InChI is InChI=1S/C11H7NO2S/c1-6-9-10(14-11(6)13)12-7-4-2-3-5-8(7)15-9/h2-5H,1H3. The van der Waals surface area contributed by atoms with Crippen LogP contribution in [-0.2, 0) is 0 Å². The molecule has 0 amide bonds. The summed E-state index contributed by atoms with van der Waals surface area (Å²) < 4.78 is 6.11. The molecule has 0 saturated carbocycles. The van der Waals surface area contributed by atoms with E-state index in [0.717, 1.165) is 15.1 Å². The van der Waals surface area contributed by atoms with Gasteiger partial charge in [-0.2, -0.15) is 0 Å². The molecule has 3 rings (SSSR count). The van der Waals surface area contributed by atoms with Gasteiger partial charge < -0.3 is 4.42 Å². The Hall–Kier alpha value is -1.68. The van der Waals surface area contributed by atoms with E-state index in [1.165, 1.54) is 0 Å². The molecule has 1 aromatic carbocycles. The Balaban J connectivity index is 2.54. The number of benzene rings is 1. The van der Waals surface area contributed by atoms with Crippen LogP contribution in [0, 0.1) is 6.92 Å². The van der Waals surface area contributed by atoms with E-state index in [1.807, 2.05) is 24.3 Å². The van der Waals surface area contributed by atoms with Crippen molar-refractivity contribution < 1.29 is 4.42 Å². The molecule has 0 aromatic heterocycles. The summed E-state index contributed by atoms with van der Waals surface area (Å²) in [6.07, 6.45) is 0. The maximum atomic E-state index is 11.3. The molecule has 0 radical (unpaired) electrons. The van der Waals surface area contributed by atoms with E-state index in [9.17, 15) is 4.79 Å². The second kappa shape index (κ2) is 2.90. The quantitative estimate of drug-likeness (QED) is 0.581. The number of furan rings is 1. The van der Waals surface area contributed by atoms with Crippen molar-refractivity contribution in [3.8, 4) is 10.8 Å². The highest BCUT2D eigenvalue weighted by Crippen LogP contribution is 2.31. The average molecular weight is 217 g/mol. The first-order valence-electron chi connectivity index (χ1n) is 4.55. The van der Waals surface area contributed by atoms with Crippen molar-refractivity contribution in [3.63, 3.8) is 0 Å². The average Bonchev–Trinajstić information content (AvgIpc) is 2.52. The molecule has 1 aromatic rings. The molecule has 0 fully saturated rings. The van der Waals surface area contributed by atoms with E-state index in [2.05, 4.69) is 4.98 Å². The second-order valence-corrected chi connectivity index (χ2v) is 4.38. The van der Waals surface area contributed by atoms with Crippen molar-refractivity contribution in [1.29, 1.82) is 0 Å². The molecule has 15 heavy (non-hydrogen) atoms. The van der Waals surface area contributed by atoms with Gasteiger partial charge in [0.2, 0.25) is 5.89 Å². The Bertz CT molecular complexity index is 668. The lowest BCUT2D eigenvalue weighted by Gasteiger charge is -1.98. The largest absolute Gasteiger partial charge is 0.402 e. The molecule has 0 bridgehead atoms. The Labute approximate surface area is 89.3 Å². The van der Waals surface area contributed by atoms with E-state index in [-0.39, 0.29) is 5.63 Å². The lowest BCUT2D eigenvalue weighted by atomic mass is 10.3. The van der Waals surface area contributed by atoms with Gasteiger partial charge in [-0.1, -0.05) is 12.1 Å². The smallest absolute Gasteiger partial charge is 0.342 e. The SMILES string of the molecule is Cc1c2sc3ccccc3nc-2oc1=O. The van der Waals surface area contributed by atoms with Crippen LogP contribution in [0.1, 0.15) is 5.56 Å². The van der Waals surface area contributed by atoms with Crippen molar-refractivity contribution in [2.24, 2.45) is 0 Å². The number of hydrogen-bond donors (Lipinski definition) is 0. The van der Waals surface area contributed by atoms with E-state index in [0.29, 0.717) is 11.5 Å².